The molecular weight excluding hydrogens is 244 g/mol. The SMILES string of the molecule is CC1CCN(c2ccc([N+](=O)[O-])c(CO)c2)C(C)C1. The quantitative estimate of drug-likeness (QED) is 0.673. The summed E-state index contributed by atoms with van der Waals surface area (Å²) in [6, 6.07) is 5.44. The first kappa shape index (κ1) is 13.8. The molecule has 1 saturated heterocycles. The molecule has 1 aromatic rings. The number of nitro groups is 1. The maximum atomic E-state index is 10.9. The topological polar surface area (TPSA) is 66.6 Å². The zero-order chi connectivity index (χ0) is 14.0. The molecule has 0 bridgehead atoms. The van der Waals surface area contributed by atoms with E-state index in [1.165, 1.54) is 6.07 Å². The van der Waals surface area contributed by atoms with Crippen molar-refractivity contribution in [2.45, 2.75) is 39.3 Å². The van der Waals surface area contributed by atoms with Crippen LogP contribution in [0, 0.1) is 16.0 Å². The van der Waals surface area contributed by atoms with E-state index < -0.39 is 4.92 Å². The minimum Gasteiger partial charge on any atom is -0.391 e. The molecular formula is C14H20N2O3. The molecule has 0 radical (unpaired) electrons. The van der Waals surface area contributed by atoms with Crippen molar-refractivity contribution in [2.75, 3.05) is 11.4 Å². The molecule has 1 aliphatic rings. The first-order valence-corrected chi connectivity index (χ1v) is 6.67. The van der Waals surface area contributed by atoms with Gasteiger partial charge in [-0.2, -0.15) is 0 Å². The number of anilines is 1. The van der Waals surface area contributed by atoms with Gasteiger partial charge in [0.05, 0.1) is 17.1 Å². The van der Waals surface area contributed by atoms with E-state index in [2.05, 4.69) is 18.7 Å². The number of piperidine rings is 1. The third kappa shape index (κ3) is 2.87. The number of hydrogen-bond acceptors (Lipinski definition) is 4. The Kier molecular flexibility index (Phi) is 4.04. The van der Waals surface area contributed by atoms with Crippen molar-refractivity contribution >= 4 is 11.4 Å². The molecule has 1 N–H and O–H groups in total. The van der Waals surface area contributed by atoms with E-state index in [4.69, 9.17) is 0 Å². The van der Waals surface area contributed by atoms with Crippen LogP contribution in [0.2, 0.25) is 0 Å². The molecule has 0 aromatic heterocycles. The summed E-state index contributed by atoms with van der Waals surface area (Å²) in [5.41, 5.74) is 1.34. The molecule has 0 aliphatic carbocycles. The summed E-state index contributed by atoms with van der Waals surface area (Å²) in [4.78, 5) is 12.7. The standard InChI is InChI=1S/C14H20N2O3/c1-10-5-6-15(11(2)7-10)13-3-4-14(16(18)19)12(8-13)9-17/h3-4,8,10-11,17H,5-7,9H2,1-2H3. The number of rotatable bonds is 3. The van der Waals surface area contributed by atoms with Crippen LogP contribution >= 0.6 is 0 Å². The Labute approximate surface area is 113 Å². The van der Waals surface area contributed by atoms with Gasteiger partial charge < -0.3 is 10.0 Å². The van der Waals surface area contributed by atoms with Gasteiger partial charge in [0.15, 0.2) is 0 Å². The second-order valence-corrected chi connectivity index (χ2v) is 5.40. The highest BCUT2D eigenvalue weighted by Crippen LogP contribution is 2.31. The molecule has 5 heteroatoms. The molecule has 0 spiro atoms. The first-order chi connectivity index (χ1) is 9.02. The van der Waals surface area contributed by atoms with Gasteiger partial charge in [0.25, 0.3) is 5.69 Å². The molecule has 1 fully saturated rings. The van der Waals surface area contributed by atoms with Crippen LogP contribution in [0.1, 0.15) is 32.3 Å². The van der Waals surface area contributed by atoms with Gasteiger partial charge in [-0.05, 0) is 37.8 Å². The van der Waals surface area contributed by atoms with Crippen LogP contribution in [0.15, 0.2) is 18.2 Å². The molecule has 2 atom stereocenters. The molecule has 1 aromatic carbocycles. The maximum Gasteiger partial charge on any atom is 0.275 e. The van der Waals surface area contributed by atoms with E-state index in [1.807, 2.05) is 0 Å². The molecule has 1 aliphatic heterocycles. The highest BCUT2D eigenvalue weighted by molar-refractivity contribution is 5.56. The summed E-state index contributed by atoms with van der Waals surface area (Å²) < 4.78 is 0. The van der Waals surface area contributed by atoms with E-state index in [1.54, 1.807) is 12.1 Å². The van der Waals surface area contributed by atoms with Crippen LogP contribution in [0.4, 0.5) is 11.4 Å². The Balaban J connectivity index is 2.28. The van der Waals surface area contributed by atoms with E-state index in [9.17, 15) is 15.2 Å². The molecule has 19 heavy (non-hydrogen) atoms. The fourth-order valence-corrected chi connectivity index (χ4v) is 2.85. The number of aliphatic hydroxyl groups is 1. The zero-order valence-electron chi connectivity index (χ0n) is 11.4. The Hall–Kier alpha value is -1.62. The summed E-state index contributed by atoms with van der Waals surface area (Å²) in [5, 5.41) is 20.1. The number of benzene rings is 1. The lowest BCUT2D eigenvalue weighted by Gasteiger charge is -2.38. The molecule has 5 nitrogen and oxygen atoms in total. The normalized spacial score (nSPS) is 23.4. The minimum atomic E-state index is -0.447. The number of hydrogen-bond donors (Lipinski definition) is 1. The maximum absolute atomic E-state index is 10.9. The summed E-state index contributed by atoms with van der Waals surface area (Å²) in [5.74, 6) is 0.724. The van der Waals surface area contributed by atoms with Gasteiger partial charge in [-0.3, -0.25) is 10.1 Å². The monoisotopic (exact) mass is 264 g/mol. The average molecular weight is 264 g/mol. The average Bonchev–Trinajstić information content (AvgIpc) is 2.37. The van der Waals surface area contributed by atoms with Crippen LogP contribution in [0.3, 0.4) is 0 Å². The second kappa shape index (κ2) is 5.57. The second-order valence-electron chi connectivity index (χ2n) is 5.40. The third-order valence-electron chi connectivity index (χ3n) is 3.90. The van der Waals surface area contributed by atoms with Crippen LogP contribution in [0.5, 0.6) is 0 Å². The van der Waals surface area contributed by atoms with Crippen molar-refractivity contribution in [1.82, 2.24) is 0 Å². The van der Waals surface area contributed by atoms with Gasteiger partial charge in [-0.25, -0.2) is 0 Å². The fraction of sp³-hybridized carbons (Fsp3) is 0.571. The summed E-state index contributed by atoms with van der Waals surface area (Å²) in [6.07, 6.45) is 2.27. The molecule has 0 amide bonds. The van der Waals surface area contributed by atoms with Crippen molar-refractivity contribution in [3.63, 3.8) is 0 Å². The van der Waals surface area contributed by atoms with Gasteiger partial charge in [0, 0.05) is 24.3 Å². The van der Waals surface area contributed by atoms with E-state index in [0.717, 1.165) is 31.0 Å². The van der Waals surface area contributed by atoms with Crippen LogP contribution in [-0.2, 0) is 6.61 Å². The largest absolute Gasteiger partial charge is 0.391 e. The van der Waals surface area contributed by atoms with E-state index >= 15 is 0 Å². The van der Waals surface area contributed by atoms with E-state index in [-0.39, 0.29) is 12.3 Å². The minimum absolute atomic E-state index is 0.00993. The van der Waals surface area contributed by atoms with Gasteiger partial charge >= 0.3 is 0 Å². The van der Waals surface area contributed by atoms with Crippen LogP contribution in [-0.4, -0.2) is 22.6 Å². The van der Waals surface area contributed by atoms with Crippen molar-refractivity contribution in [2.24, 2.45) is 5.92 Å². The highest BCUT2D eigenvalue weighted by Gasteiger charge is 2.24. The van der Waals surface area contributed by atoms with Crippen LogP contribution < -0.4 is 4.90 Å². The van der Waals surface area contributed by atoms with Crippen molar-refractivity contribution < 1.29 is 10.0 Å². The molecule has 1 heterocycles. The van der Waals surface area contributed by atoms with Crippen LogP contribution in [0.25, 0.3) is 0 Å². The number of nitrogens with zero attached hydrogens (tertiary/aromatic N) is 2. The molecule has 2 unspecified atom stereocenters. The van der Waals surface area contributed by atoms with Crippen molar-refractivity contribution in [3.8, 4) is 0 Å². The zero-order valence-corrected chi connectivity index (χ0v) is 11.4. The van der Waals surface area contributed by atoms with Gasteiger partial charge in [-0.15, -0.1) is 0 Å². The summed E-state index contributed by atoms with van der Waals surface area (Å²) >= 11 is 0. The lowest BCUT2D eigenvalue weighted by atomic mass is 9.93. The van der Waals surface area contributed by atoms with Gasteiger partial charge in [0.1, 0.15) is 0 Å². The summed E-state index contributed by atoms with van der Waals surface area (Å²) in [6.45, 7) is 5.09. The molecule has 2 rings (SSSR count). The lowest BCUT2D eigenvalue weighted by Crippen LogP contribution is -2.40. The third-order valence-corrected chi connectivity index (χ3v) is 3.90. The molecule has 104 valence electrons. The number of aliphatic hydroxyl groups excluding tert-OH is 1. The first-order valence-electron chi connectivity index (χ1n) is 6.67. The number of nitro benzene ring substituents is 1. The predicted molar refractivity (Wildman–Crippen MR) is 74.2 cm³/mol. The Morgan fingerprint density at radius 2 is 2.21 bits per heavy atom. The van der Waals surface area contributed by atoms with Crippen molar-refractivity contribution in [1.29, 1.82) is 0 Å². The Morgan fingerprint density at radius 3 is 2.79 bits per heavy atom. The highest BCUT2D eigenvalue weighted by atomic mass is 16.6. The van der Waals surface area contributed by atoms with E-state index in [0.29, 0.717) is 11.6 Å². The smallest absolute Gasteiger partial charge is 0.275 e. The van der Waals surface area contributed by atoms with Gasteiger partial charge in [0.2, 0.25) is 0 Å². The lowest BCUT2D eigenvalue weighted by molar-refractivity contribution is -0.385. The fourth-order valence-electron chi connectivity index (χ4n) is 2.85. The molecule has 0 saturated carbocycles. The Bertz CT molecular complexity index is 476. The summed E-state index contributed by atoms with van der Waals surface area (Å²) in [7, 11) is 0. The predicted octanol–water partition coefficient (Wildman–Crippen LogP) is 2.71. The Morgan fingerprint density at radius 1 is 1.47 bits per heavy atom. The van der Waals surface area contributed by atoms with Gasteiger partial charge in [-0.1, -0.05) is 6.92 Å². The van der Waals surface area contributed by atoms with Crippen molar-refractivity contribution in [3.05, 3.63) is 33.9 Å².